The number of aromatic nitrogens is 2. The van der Waals surface area contributed by atoms with Crippen LogP contribution in [0.1, 0.15) is 47.5 Å². The highest BCUT2D eigenvalue weighted by atomic mass is 32.2. The molecule has 4 aromatic carbocycles. The number of hydrogen-bond acceptors (Lipinski definition) is 9. The standard InChI is InChI=1S/C36H29N3O5S2/c1-2-3-19-43-26-17-15-23(16-18-26)31-30(32(40)29-20-24-10-5-7-14-28(24)44-29)33(41)34(42)39(31)35-37-38-36(46-35)45-21-25-12-8-11-22-9-4-6-13-27(22)25/h4-18,20,31,41H,2-3,19,21H2,1H3. The summed E-state index contributed by atoms with van der Waals surface area (Å²) in [5.41, 5.74) is 2.23. The number of rotatable bonds is 11. The van der Waals surface area contributed by atoms with Crippen molar-refractivity contribution in [3.63, 3.8) is 0 Å². The number of aliphatic hydroxyl groups is 1. The number of fused-ring (bicyclic) bond motifs is 2. The van der Waals surface area contributed by atoms with E-state index in [0.717, 1.165) is 29.2 Å². The molecular formula is C36H29N3O5S2. The molecule has 0 saturated carbocycles. The maximum atomic E-state index is 14.0. The van der Waals surface area contributed by atoms with E-state index >= 15 is 0 Å². The van der Waals surface area contributed by atoms with Crippen molar-refractivity contribution in [3.8, 4) is 5.75 Å². The normalized spacial score (nSPS) is 14.9. The molecule has 7 rings (SSSR count). The number of para-hydroxylation sites is 1. The van der Waals surface area contributed by atoms with E-state index in [4.69, 9.17) is 9.15 Å². The second-order valence-corrected chi connectivity index (χ2v) is 13.0. The first-order chi connectivity index (χ1) is 22.5. The van der Waals surface area contributed by atoms with Crippen LogP contribution in [0.25, 0.3) is 21.7 Å². The van der Waals surface area contributed by atoms with Gasteiger partial charge >= 0.3 is 0 Å². The van der Waals surface area contributed by atoms with Gasteiger partial charge in [-0.25, -0.2) is 0 Å². The highest BCUT2D eigenvalue weighted by molar-refractivity contribution is 8.00. The third kappa shape index (κ3) is 5.65. The molecule has 1 N–H and O–H groups in total. The average molecular weight is 648 g/mol. The Kier molecular flexibility index (Phi) is 8.30. The monoisotopic (exact) mass is 647 g/mol. The lowest BCUT2D eigenvalue weighted by atomic mass is 9.95. The summed E-state index contributed by atoms with van der Waals surface area (Å²) in [5.74, 6) is -0.576. The Morgan fingerprint density at radius 1 is 0.978 bits per heavy atom. The van der Waals surface area contributed by atoms with Crippen molar-refractivity contribution >= 4 is 61.7 Å². The molecule has 1 atom stereocenters. The van der Waals surface area contributed by atoms with E-state index in [1.807, 2.05) is 36.4 Å². The van der Waals surface area contributed by atoms with Gasteiger partial charge in [-0.2, -0.15) is 0 Å². The van der Waals surface area contributed by atoms with Crippen LogP contribution in [0.4, 0.5) is 5.13 Å². The predicted molar refractivity (Wildman–Crippen MR) is 181 cm³/mol. The largest absolute Gasteiger partial charge is 0.503 e. The number of carbonyl (C=O) groups excluding carboxylic acids is 2. The zero-order valence-electron chi connectivity index (χ0n) is 24.9. The minimum atomic E-state index is -0.957. The third-order valence-electron chi connectivity index (χ3n) is 7.90. The second kappa shape index (κ2) is 12.8. The van der Waals surface area contributed by atoms with Gasteiger partial charge in [0, 0.05) is 11.1 Å². The number of ether oxygens (including phenoxy) is 1. The average Bonchev–Trinajstić information content (AvgIpc) is 3.80. The fraction of sp³-hybridized carbons (Fsp3) is 0.167. The molecule has 1 amide bonds. The number of anilines is 1. The quantitative estimate of drug-likeness (QED) is 0.0644. The topological polar surface area (TPSA) is 106 Å². The van der Waals surface area contributed by atoms with Gasteiger partial charge in [0.2, 0.25) is 10.9 Å². The van der Waals surface area contributed by atoms with Gasteiger partial charge in [0.15, 0.2) is 15.9 Å². The molecule has 8 nitrogen and oxygen atoms in total. The lowest BCUT2D eigenvalue weighted by Gasteiger charge is -2.24. The highest BCUT2D eigenvalue weighted by Gasteiger charge is 2.46. The van der Waals surface area contributed by atoms with Crippen LogP contribution in [-0.2, 0) is 10.5 Å². The van der Waals surface area contributed by atoms with Crippen LogP contribution in [0.3, 0.4) is 0 Å². The Morgan fingerprint density at radius 2 is 1.74 bits per heavy atom. The van der Waals surface area contributed by atoms with Gasteiger partial charge in [-0.1, -0.05) is 109 Å². The Balaban J connectivity index is 1.21. The van der Waals surface area contributed by atoms with E-state index in [9.17, 15) is 14.7 Å². The molecule has 0 spiro atoms. The molecular weight excluding hydrogens is 619 g/mol. The number of furan rings is 1. The summed E-state index contributed by atoms with van der Waals surface area (Å²) < 4.78 is 12.4. The number of thioether (sulfide) groups is 1. The number of carbonyl (C=O) groups is 2. The van der Waals surface area contributed by atoms with Crippen LogP contribution in [-0.4, -0.2) is 33.6 Å². The molecule has 1 aliphatic heterocycles. The number of nitrogens with zero attached hydrogens (tertiary/aromatic N) is 3. The Bertz CT molecular complexity index is 2060. The van der Waals surface area contributed by atoms with Crippen LogP contribution in [0.5, 0.6) is 5.75 Å². The second-order valence-electron chi connectivity index (χ2n) is 10.9. The van der Waals surface area contributed by atoms with Crippen LogP contribution >= 0.6 is 23.1 Å². The van der Waals surface area contributed by atoms with Crippen molar-refractivity contribution in [1.29, 1.82) is 0 Å². The minimum Gasteiger partial charge on any atom is -0.503 e. The van der Waals surface area contributed by atoms with Gasteiger partial charge < -0.3 is 14.3 Å². The number of hydrogen-bond donors (Lipinski definition) is 1. The lowest BCUT2D eigenvalue weighted by Crippen LogP contribution is -2.31. The molecule has 10 heteroatoms. The van der Waals surface area contributed by atoms with Crippen molar-refractivity contribution in [3.05, 3.63) is 125 Å². The fourth-order valence-electron chi connectivity index (χ4n) is 5.57. The first kappa shape index (κ1) is 29.8. The molecule has 2 aromatic heterocycles. The smallest absolute Gasteiger partial charge is 0.296 e. The molecule has 1 unspecified atom stereocenters. The van der Waals surface area contributed by atoms with Gasteiger partial charge in [-0.05, 0) is 52.6 Å². The number of unbranched alkanes of at least 4 members (excludes halogenated alkanes) is 1. The van der Waals surface area contributed by atoms with Crippen LogP contribution < -0.4 is 9.64 Å². The van der Waals surface area contributed by atoms with E-state index < -0.39 is 23.5 Å². The zero-order valence-corrected chi connectivity index (χ0v) is 26.5. The number of amides is 1. The number of ketones is 1. The van der Waals surface area contributed by atoms with Crippen molar-refractivity contribution in [2.24, 2.45) is 0 Å². The first-order valence-electron chi connectivity index (χ1n) is 15.0. The van der Waals surface area contributed by atoms with E-state index in [-0.39, 0.29) is 16.5 Å². The molecule has 46 heavy (non-hydrogen) atoms. The summed E-state index contributed by atoms with van der Waals surface area (Å²) in [5, 5.41) is 23.3. The molecule has 6 aromatic rings. The van der Waals surface area contributed by atoms with Gasteiger partial charge in [0.25, 0.3) is 5.91 Å². The summed E-state index contributed by atoms with van der Waals surface area (Å²) in [6, 6.07) is 29.6. The van der Waals surface area contributed by atoms with Gasteiger partial charge in [0.1, 0.15) is 11.3 Å². The lowest BCUT2D eigenvalue weighted by molar-refractivity contribution is -0.117. The highest BCUT2D eigenvalue weighted by Crippen LogP contribution is 2.44. The van der Waals surface area contributed by atoms with E-state index in [1.165, 1.54) is 33.4 Å². The summed E-state index contributed by atoms with van der Waals surface area (Å²) in [6.07, 6.45) is 1.94. The first-order valence-corrected chi connectivity index (χ1v) is 16.8. The Morgan fingerprint density at radius 3 is 2.54 bits per heavy atom. The summed E-state index contributed by atoms with van der Waals surface area (Å²) in [6.45, 7) is 2.68. The molecule has 230 valence electrons. The van der Waals surface area contributed by atoms with Gasteiger partial charge in [-0.15, -0.1) is 10.2 Å². The summed E-state index contributed by atoms with van der Waals surface area (Å²) in [4.78, 5) is 29.1. The Labute approximate surface area is 273 Å². The number of Topliss-reactive ketones (excluding diaryl/α,β-unsaturated/α-hetero) is 1. The van der Waals surface area contributed by atoms with Crippen molar-refractivity contribution in [2.45, 2.75) is 35.9 Å². The molecule has 1 aliphatic rings. The summed E-state index contributed by atoms with van der Waals surface area (Å²) >= 11 is 2.75. The predicted octanol–water partition coefficient (Wildman–Crippen LogP) is 8.69. The SMILES string of the molecule is CCCCOc1ccc(C2C(C(=O)c3cc4ccccc4o3)=C(O)C(=O)N2c2nnc(SCc3cccc4ccccc34)s2)cc1. The van der Waals surface area contributed by atoms with Crippen molar-refractivity contribution in [1.82, 2.24) is 10.2 Å². The van der Waals surface area contributed by atoms with Crippen molar-refractivity contribution in [2.75, 3.05) is 11.5 Å². The third-order valence-corrected chi connectivity index (χ3v) is 10.0. The fourth-order valence-corrected chi connectivity index (χ4v) is 7.44. The van der Waals surface area contributed by atoms with E-state index in [0.29, 0.717) is 33.6 Å². The molecule has 0 fully saturated rings. The molecule has 0 bridgehead atoms. The minimum absolute atomic E-state index is 0.0329. The Hall–Kier alpha value is -4.93. The van der Waals surface area contributed by atoms with Crippen LogP contribution in [0.2, 0.25) is 0 Å². The maximum absolute atomic E-state index is 14.0. The molecule has 0 aliphatic carbocycles. The maximum Gasteiger partial charge on any atom is 0.296 e. The van der Waals surface area contributed by atoms with E-state index in [1.54, 1.807) is 36.4 Å². The number of aliphatic hydroxyl groups excluding tert-OH is 1. The van der Waals surface area contributed by atoms with E-state index in [2.05, 4.69) is 41.4 Å². The molecule has 3 heterocycles. The molecule has 0 radical (unpaired) electrons. The number of benzene rings is 4. The molecule has 0 saturated heterocycles. The van der Waals surface area contributed by atoms with Crippen molar-refractivity contribution < 1.29 is 23.8 Å². The van der Waals surface area contributed by atoms with Gasteiger partial charge in [0.05, 0.1) is 18.2 Å². The van der Waals surface area contributed by atoms with Gasteiger partial charge in [-0.3, -0.25) is 14.5 Å². The van der Waals surface area contributed by atoms with Crippen LogP contribution in [0, 0.1) is 0 Å². The van der Waals surface area contributed by atoms with Crippen LogP contribution in [0.15, 0.2) is 117 Å². The summed E-state index contributed by atoms with van der Waals surface area (Å²) in [7, 11) is 0. The zero-order chi connectivity index (χ0) is 31.6.